The summed E-state index contributed by atoms with van der Waals surface area (Å²) in [5, 5.41) is 19.3. The van der Waals surface area contributed by atoms with Gasteiger partial charge in [0.2, 0.25) is 5.78 Å². The summed E-state index contributed by atoms with van der Waals surface area (Å²) in [4.78, 5) is 39.3. The van der Waals surface area contributed by atoms with E-state index in [2.05, 4.69) is 10.4 Å². The molecule has 1 unspecified atom stereocenters. The van der Waals surface area contributed by atoms with Crippen molar-refractivity contribution in [1.29, 1.82) is 0 Å². The summed E-state index contributed by atoms with van der Waals surface area (Å²) >= 11 is 0. The van der Waals surface area contributed by atoms with Crippen LogP contribution in [0.15, 0.2) is 47.6 Å². The lowest BCUT2D eigenvalue weighted by Crippen LogP contribution is -2.47. The molecule has 0 radical (unpaired) electrons. The summed E-state index contributed by atoms with van der Waals surface area (Å²) in [5.41, 5.74) is 1.98. The number of rotatable bonds is 6. The minimum atomic E-state index is -0.721. The van der Waals surface area contributed by atoms with Crippen LogP contribution < -0.4 is 5.32 Å². The summed E-state index contributed by atoms with van der Waals surface area (Å²) < 4.78 is 5.37. The Hall–Kier alpha value is -3.72. The Balaban J connectivity index is 1.91. The summed E-state index contributed by atoms with van der Waals surface area (Å²) in [6, 6.07) is 11.1. The van der Waals surface area contributed by atoms with Gasteiger partial charge in [0.1, 0.15) is 12.3 Å². The Morgan fingerprint density at radius 3 is 2.48 bits per heavy atom. The summed E-state index contributed by atoms with van der Waals surface area (Å²) in [7, 11) is 3.18. The molecule has 33 heavy (non-hydrogen) atoms. The van der Waals surface area contributed by atoms with Crippen molar-refractivity contribution in [2.75, 3.05) is 39.2 Å². The molecule has 2 N–H and O–H groups in total. The fourth-order valence-electron chi connectivity index (χ4n) is 3.35. The van der Waals surface area contributed by atoms with Gasteiger partial charge < -0.3 is 20.1 Å². The third-order valence-electron chi connectivity index (χ3n) is 5.20. The fraction of sp³-hybridized carbons (Fsp3) is 0.333. The number of Topliss-reactive ketones (excluding diaryl/α,β-unsaturated/α-hetero) is 1. The predicted octanol–water partition coefficient (Wildman–Crippen LogP) is 2.30. The van der Waals surface area contributed by atoms with Gasteiger partial charge in [-0.15, -0.1) is 0 Å². The molecule has 0 bridgehead atoms. The van der Waals surface area contributed by atoms with Crippen molar-refractivity contribution in [3.05, 3.63) is 59.2 Å². The van der Waals surface area contributed by atoms with Crippen LogP contribution in [0.25, 0.3) is 0 Å². The van der Waals surface area contributed by atoms with Crippen molar-refractivity contribution >= 4 is 29.0 Å². The first-order valence-corrected chi connectivity index (χ1v) is 10.6. The number of para-hydroxylation sites is 1. The Bertz CT molecular complexity index is 1080. The Morgan fingerprint density at radius 1 is 1.15 bits per heavy atom. The van der Waals surface area contributed by atoms with E-state index in [0.29, 0.717) is 5.56 Å². The van der Waals surface area contributed by atoms with Gasteiger partial charge in [-0.2, -0.15) is 5.10 Å². The highest BCUT2D eigenvalue weighted by atomic mass is 16.5. The van der Waals surface area contributed by atoms with Crippen molar-refractivity contribution in [3.8, 4) is 5.75 Å². The highest BCUT2D eigenvalue weighted by Gasteiger charge is 2.31. The van der Waals surface area contributed by atoms with Crippen LogP contribution in [0.5, 0.6) is 5.75 Å². The molecule has 1 aliphatic heterocycles. The molecule has 0 aliphatic carbocycles. The van der Waals surface area contributed by atoms with Crippen molar-refractivity contribution in [2.45, 2.75) is 19.9 Å². The molecule has 1 heterocycles. The molecule has 2 amide bonds. The molecule has 2 aromatic carbocycles. The van der Waals surface area contributed by atoms with Gasteiger partial charge >= 0.3 is 0 Å². The van der Waals surface area contributed by atoms with Gasteiger partial charge in [0, 0.05) is 26.2 Å². The number of carbonyl (C=O) groups excluding carboxylic acids is 3. The highest BCUT2D eigenvalue weighted by molar-refractivity contribution is 6.43. The molecule has 1 saturated heterocycles. The second-order valence-electron chi connectivity index (χ2n) is 7.91. The lowest BCUT2D eigenvalue weighted by Gasteiger charge is -2.27. The SMILES string of the molecule is CCN(/N=C1/C(=O)COCC1Nc1cccc(C(=O)N(C)C)c1O)C(=O)c1ccc(C)cc1. The number of phenols is 1. The van der Waals surface area contributed by atoms with E-state index in [1.165, 1.54) is 16.0 Å². The number of hydrazone groups is 1. The fourth-order valence-corrected chi connectivity index (χ4v) is 3.35. The van der Waals surface area contributed by atoms with Crippen molar-refractivity contribution in [3.63, 3.8) is 0 Å². The smallest absolute Gasteiger partial charge is 0.273 e. The average molecular weight is 453 g/mol. The van der Waals surface area contributed by atoms with Crippen LogP contribution in [0.4, 0.5) is 5.69 Å². The maximum absolute atomic E-state index is 12.9. The second kappa shape index (κ2) is 10.3. The van der Waals surface area contributed by atoms with E-state index >= 15 is 0 Å². The zero-order chi connectivity index (χ0) is 24.1. The Kier molecular flexibility index (Phi) is 7.44. The molecule has 1 aliphatic rings. The van der Waals surface area contributed by atoms with E-state index in [9.17, 15) is 19.5 Å². The number of nitrogens with one attached hydrogen (secondary N) is 1. The second-order valence-corrected chi connectivity index (χ2v) is 7.91. The van der Waals surface area contributed by atoms with Gasteiger partial charge in [-0.05, 0) is 38.1 Å². The number of anilines is 1. The molecule has 174 valence electrons. The zero-order valence-corrected chi connectivity index (χ0v) is 19.2. The predicted molar refractivity (Wildman–Crippen MR) is 125 cm³/mol. The van der Waals surface area contributed by atoms with Crippen molar-refractivity contribution < 1.29 is 24.2 Å². The van der Waals surface area contributed by atoms with Crippen LogP contribution in [0, 0.1) is 6.92 Å². The van der Waals surface area contributed by atoms with Gasteiger partial charge in [-0.1, -0.05) is 23.8 Å². The Labute approximate surface area is 192 Å². The number of benzene rings is 2. The number of carbonyl (C=O) groups is 3. The molecule has 0 spiro atoms. The number of hydrogen-bond acceptors (Lipinski definition) is 7. The van der Waals surface area contributed by atoms with E-state index in [1.54, 1.807) is 45.3 Å². The number of ether oxygens (including phenoxy) is 1. The number of phenolic OH excluding ortho intramolecular Hbond substituents is 1. The third-order valence-corrected chi connectivity index (χ3v) is 5.20. The van der Waals surface area contributed by atoms with E-state index in [4.69, 9.17) is 4.74 Å². The summed E-state index contributed by atoms with van der Waals surface area (Å²) in [6.45, 7) is 3.91. The van der Waals surface area contributed by atoms with E-state index in [1.807, 2.05) is 19.1 Å². The molecule has 1 atom stereocenters. The minimum absolute atomic E-state index is 0.103. The molecular formula is C24H28N4O5. The lowest BCUT2D eigenvalue weighted by molar-refractivity contribution is -0.118. The molecule has 3 rings (SSSR count). The number of amides is 2. The van der Waals surface area contributed by atoms with Gasteiger partial charge in [0.05, 0.1) is 23.9 Å². The summed E-state index contributed by atoms with van der Waals surface area (Å²) in [5.74, 6) is -1.29. The minimum Gasteiger partial charge on any atom is -0.505 e. The maximum atomic E-state index is 12.9. The van der Waals surface area contributed by atoms with Gasteiger partial charge in [-0.25, -0.2) is 5.01 Å². The molecule has 0 aromatic heterocycles. The van der Waals surface area contributed by atoms with Crippen LogP contribution in [0.3, 0.4) is 0 Å². The van der Waals surface area contributed by atoms with Gasteiger partial charge in [0.15, 0.2) is 5.75 Å². The van der Waals surface area contributed by atoms with Gasteiger partial charge in [0.25, 0.3) is 11.8 Å². The normalized spacial score (nSPS) is 17.0. The first-order chi connectivity index (χ1) is 15.7. The monoisotopic (exact) mass is 452 g/mol. The molecule has 2 aromatic rings. The first-order valence-electron chi connectivity index (χ1n) is 10.6. The summed E-state index contributed by atoms with van der Waals surface area (Å²) in [6.07, 6.45) is 0. The Morgan fingerprint density at radius 2 is 1.85 bits per heavy atom. The van der Waals surface area contributed by atoms with Crippen LogP contribution in [0.2, 0.25) is 0 Å². The molecule has 9 heteroatoms. The maximum Gasteiger partial charge on any atom is 0.273 e. The van der Waals surface area contributed by atoms with Crippen LogP contribution in [-0.4, -0.2) is 78.2 Å². The lowest BCUT2D eigenvalue weighted by atomic mass is 10.0. The number of hydrogen-bond donors (Lipinski definition) is 2. The topological polar surface area (TPSA) is 112 Å². The molecular weight excluding hydrogens is 424 g/mol. The largest absolute Gasteiger partial charge is 0.505 e. The van der Waals surface area contributed by atoms with Gasteiger partial charge in [-0.3, -0.25) is 14.4 Å². The number of aromatic hydroxyl groups is 1. The van der Waals surface area contributed by atoms with E-state index < -0.39 is 6.04 Å². The first kappa shape index (κ1) is 23.9. The van der Waals surface area contributed by atoms with Crippen LogP contribution in [0.1, 0.15) is 33.2 Å². The third kappa shape index (κ3) is 5.38. The zero-order valence-electron chi connectivity index (χ0n) is 19.2. The highest BCUT2D eigenvalue weighted by Crippen LogP contribution is 2.29. The van der Waals surface area contributed by atoms with Crippen LogP contribution >= 0.6 is 0 Å². The van der Waals surface area contributed by atoms with Crippen molar-refractivity contribution in [1.82, 2.24) is 9.91 Å². The molecule has 0 saturated carbocycles. The molecule has 9 nitrogen and oxygen atoms in total. The van der Waals surface area contributed by atoms with E-state index in [-0.39, 0.29) is 60.1 Å². The molecule has 1 fully saturated rings. The average Bonchev–Trinajstić information content (AvgIpc) is 2.79. The van der Waals surface area contributed by atoms with Crippen molar-refractivity contribution in [2.24, 2.45) is 5.10 Å². The van der Waals surface area contributed by atoms with Crippen LogP contribution in [-0.2, 0) is 9.53 Å². The number of nitrogens with zero attached hydrogens (tertiary/aromatic N) is 3. The van der Waals surface area contributed by atoms with E-state index in [0.717, 1.165) is 5.56 Å². The number of ketones is 1. The standard InChI is InChI=1S/C24H28N4O5/c1-5-28(23(31)16-11-9-15(2)10-12-16)26-21-19(13-33-14-20(21)29)25-18-8-6-7-17(22(18)30)24(32)27(3)4/h6-12,19,25,30H,5,13-14H2,1-4H3/b26-21+. The number of aryl methyl sites for hydroxylation is 1. The quantitative estimate of drug-likeness (QED) is 0.514.